The van der Waals surface area contributed by atoms with Gasteiger partial charge in [-0.25, -0.2) is 9.98 Å². The number of nitrogens with zero attached hydrogens (tertiary/aromatic N) is 4. The van der Waals surface area contributed by atoms with E-state index in [1.165, 1.54) is 42.0 Å². The predicted molar refractivity (Wildman–Crippen MR) is 240 cm³/mol. The van der Waals surface area contributed by atoms with Gasteiger partial charge in [-0.1, -0.05) is 140 Å². The minimum Gasteiger partial charge on any atom is -0.328 e. The normalized spacial score (nSPS) is 19.4. The van der Waals surface area contributed by atoms with Crippen LogP contribution < -0.4 is 5.32 Å². The van der Waals surface area contributed by atoms with Crippen molar-refractivity contribution in [2.24, 2.45) is 20.4 Å². The first-order valence-electron chi connectivity index (χ1n) is 19.4. The van der Waals surface area contributed by atoms with Crippen LogP contribution in [0.3, 0.4) is 0 Å². The lowest BCUT2D eigenvalue weighted by Gasteiger charge is -2.39. The largest absolute Gasteiger partial charge is 0.328 e. The summed E-state index contributed by atoms with van der Waals surface area (Å²) in [5.74, 6) is 1.64. The lowest BCUT2D eigenvalue weighted by atomic mass is 9.73. The summed E-state index contributed by atoms with van der Waals surface area (Å²) in [5, 5.41) is 8.76. The maximum absolute atomic E-state index is 5.43. The molecule has 0 aliphatic carbocycles. The molecule has 5 nitrogen and oxygen atoms in total. The van der Waals surface area contributed by atoms with Crippen molar-refractivity contribution in [3.63, 3.8) is 0 Å². The summed E-state index contributed by atoms with van der Waals surface area (Å²) in [6.07, 6.45) is 4.00. The molecule has 2 aliphatic heterocycles. The molecule has 272 valence electrons. The van der Waals surface area contributed by atoms with Gasteiger partial charge in [0.05, 0.1) is 22.5 Å². The van der Waals surface area contributed by atoms with Crippen molar-refractivity contribution in [2.75, 3.05) is 0 Å². The van der Waals surface area contributed by atoms with E-state index in [9.17, 15) is 0 Å². The zero-order valence-corrected chi connectivity index (χ0v) is 32.1. The molecule has 2 aromatic heterocycles. The zero-order valence-electron chi connectivity index (χ0n) is 31.2. The second-order valence-corrected chi connectivity index (χ2v) is 16.2. The molecule has 9 aromatic rings. The lowest BCUT2D eigenvalue weighted by molar-refractivity contribution is 0.457. The number of amidine groups is 2. The molecule has 3 unspecified atom stereocenters. The molecular weight excluding hydrogens is 715 g/mol. The number of thiophene rings is 1. The van der Waals surface area contributed by atoms with E-state index in [2.05, 4.69) is 187 Å². The third-order valence-corrected chi connectivity index (χ3v) is 12.6. The second-order valence-electron chi connectivity index (χ2n) is 15.1. The number of aromatic nitrogens is 1. The highest BCUT2D eigenvalue weighted by molar-refractivity contribution is 7.25. The van der Waals surface area contributed by atoms with Gasteiger partial charge in [0, 0.05) is 48.4 Å². The number of para-hydroxylation sites is 2. The van der Waals surface area contributed by atoms with Gasteiger partial charge >= 0.3 is 0 Å². The van der Waals surface area contributed by atoms with Crippen LogP contribution in [0.5, 0.6) is 0 Å². The summed E-state index contributed by atoms with van der Waals surface area (Å²) < 4.78 is 4.92. The Labute approximate surface area is 334 Å². The molecule has 2 aliphatic rings. The van der Waals surface area contributed by atoms with Crippen LogP contribution in [0.15, 0.2) is 197 Å². The van der Waals surface area contributed by atoms with Crippen molar-refractivity contribution >= 4 is 76.8 Å². The Balaban J connectivity index is 1.08. The monoisotopic (exact) mass is 751 g/mol. The molecule has 11 rings (SSSR count). The van der Waals surface area contributed by atoms with E-state index >= 15 is 0 Å². The van der Waals surface area contributed by atoms with Crippen LogP contribution in [0.2, 0.25) is 0 Å². The van der Waals surface area contributed by atoms with Crippen molar-refractivity contribution in [2.45, 2.75) is 19.1 Å². The number of benzene rings is 7. The van der Waals surface area contributed by atoms with E-state index in [1.54, 1.807) is 0 Å². The number of nitrogens with one attached hydrogen (secondary N) is 1. The molecule has 0 saturated heterocycles. The molecule has 6 heteroatoms. The molecule has 0 fully saturated rings. The number of hydrogen-bond donors (Lipinski definition) is 1. The van der Waals surface area contributed by atoms with Crippen molar-refractivity contribution < 1.29 is 0 Å². The van der Waals surface area contributed by atoms with E-state index in [4.69, 9.17) is 15.0 Å². The minimum absolute atomic E-state index is 0.258. The molecule has 4 heterocycles. The van der Waals surface area contributed by atoms with Gasteiger partial charge in [0.2, 0.25) is 0 Å². The summed E-state index contributed by atoms with van der Waals surface area (Å²) >= 11 is 1.85. The summed E-state index contributed by atoms with van der Waals surface area (Å²) in [7, 11) is 0. The molecule has 0 saturated carbocycles. The fourth-order valence-corrected chi connectivity index (χ4v) is 9.79. The molecule has 0 radical (unpaired) electrons. The highest BCUT2D eigenvalue weighted by Gasteiger charge is 2.43. The van der Waals surface area contributed by atoms with Crippen LogP contribution >= 0.6 is 11.3 Å². The molecule has 1 N–H and O–H groups in total. The standard InChI is InChI=1S/C51H37N5S/c1-51(50-54-48(34-18-8-3-9-19-34)53-49(55-50)35-20-10-4-11-21-35)31-37(33-16-6-2-7-17-33)32-52-47(51)36-26-27-45-41(28-36)42-29-40-39-24-14-15-25-43(39)56(38-22-12-5-13-23-38)44(40)30-46(42)57-45/h2-32,47-48H,1H3,(H,53,54,55). The molecule has 3 atom stereocenters. The van der Waals surface area contributed by atoms with Crippen LogP contribution in [-0.2, 0) is 0 Å². The average molecular weight is 752 g/mol. The minimum atomic E-state index is -0.654. The number of hydrogen-bond acceptors (Lipinski definition) is 5. The van der Waals surface area contributed by atoms with Gasteiger partial charge in [-0.15, -0.1) is 11.3 Å². The first kappa shape index (κ1) is 33.4. The van der Waals surface area contributed by atoms with Gasteiger partial charge in [0.15, 0.2) is 6.17 Å². The average Bonchev–Trinajstić information content (AvgIpc) is 3.80. The zero-order chi connectivity index (χ0) is 37.9. The molecule has 0 spiro atoms. The fourth-order valence-electron chi connectivity index (χ4n) is 8.69. The van der Waals surface area contributed by atoms with Crippen molar-refractivity contribution in [3.8, 4) is 5.69 Å². The smallest absolute Gasteiger partial charge is 0.169 e. The van der Waals surface area contributed by atoms with Crippen LogP contribution in [0.1, 0.15) is 41.4 Å². The Kier molecular flexibility index (Phi) is 7.86. The van der Waals surface area contributed by atoms with Gasteiger partial charge in [0.25, 0.3) is 0 Å². The topological polar surface area (TPSA) is 54.0 Å². The van der Waals surface area contributed by atoms with Crippen molar-refractivity contribution in [1.82, 2.24) is 9.88 Å². The maximum Gasteiger partial charge on any atom is 0.169 e. The summed E-state index contributed by atoms with van der Waals surface area (Å²) in [5.41, 5.74) is 8.33. The number of allylic oxidation sites excluding steroid dienone is 1. The SMILES string of the molecule is CC1(C2=NC(c3ccccc3)N=C(c3ccccc3)N2)C=C(c2ccccc2)C=NC1c1ccc2sc3cc4c(cc3c2c1)c1ccccc1n4-c1ccccc1. The van der Waals surface area contributed by atoms with Crippen LogP contribution in [-0.4, -0.2) is 22.5 Å². The van der Waals surface area contributed by atoms with Gasteiger partial charge in [0.1, 0.15) is 11.7 Å². The number of dihydropyridines is 1. The van der Waals surface area contributed by atoms with Crippen molar-refractivity contribution in [1.29, 1.82) is 0 Å². The summed E-state index contributed by atoms with van der Waals surface area (Å²) in [6.45, 7) is 2.27. The van der Waals surface area contributed by atoms with Gasteiger partial charge in [-0.3, -0.25) is 4.99 Å². The highest BCUT2D eigenvalue weighted by atomic mass is 32.1. The van der Waals surface area contributed by atoms with E-state index in [0.717, 1.165) is 45.2 Å². The van der Waals surface area contributed by atoms with Crippen molar-refractivity contribution in [3.05, 3.63) is 204 Å². The van der Waals surface area contributed by atoms with Gasteiger partial charge in [-0.2, -0.15) is 0 Å². The third kappa shape index (κ3) is 5.63. The fraction of sp³-hybridized carbons (Fsp3) is 0.0784. The molecule has 0 bridgehead atoms. The van der Waals surface area contributed by atoms with Crippen LogP contribution in [0.4, 0.5) is 0 Å². The van der Waals surface area contributed by atoms with E-state index in [-0.39, 0.29) is 6.04 Å². The molecule has 0 amide bonds. The highest BCUT2D eigenvalue weighted by Crippen LogP contribution is 2.47. The van der Waals surface area contributed by atoms with E-state index in [1.807, 2.05) is 29.7 Å². The van der Waals surface area contributed by atoms with E-state index < -0.39 is 11.6 Å². The quantitative estimate of drug-likeness (QED) is 0.181. The summed E-state index contributed by atoms with van der Waals surface area (Å²) in [6, 6.07) is 62.1. The second kappa shape index (κ2) is 13.4. The number of aliphatic imine (C=N–C) groups is 3. The van der Waals surface area contributed by atoms with Crippen LogP contribution in [0, 0.1) is 5.41 Å². The predicted octanol–water partition coefficient (Wildman–Crippen LogP) is 12.5. The Bertz CT molecular complexity index is 3100. The first-order chi connectivity index (χ1) is 28.1. The molecular formula is C51H37N5S. The Hall–Kier alpha value is -6.89. The summed E-state index contributed by atoms with van der Waals surface area (Å²) in [4.78, 5) is 16.0. The Morgan fingerprint density at radius 1 is 0.561 bits per heavy atom. The molecule has 57 heavy (non-hydrogen) atoms. The molecule has 7 aromatic carbocycles. The Morgan fingerprint density at radius 2 is 1.23 bits per heavy atom. The lowest BCUT2D eigenvalue weighted by Crippen LogP contribution is -2.47. The maximum atomic E-state index is 5.43. The van der Waals surface area contributed by atoms with E-state index in [0.29, 0.717) is 0 Å². The number of rotatable bonds is 6. The van der Waals surface area contributed by atoms with Gasteiger partial charge < -0.3 is 9.88 Å². The van der Waals surface area contributed by atoms with Gasteiger partial charge in [-0.05, 0) is 71.7 Å². The Morgan fingerprint density at radius 3 is 2.00 bits per heavy atom. The van der Waals surface area contributed by atoms with Crippen LogP contribution in [0.25, 0.3) is 53.2 Å². The number of fused-ring (bicyclic) bond motifs is 6. The first-order valence-corrected chi connectivity index (χ1v) is 20.2. The third-order valence-electron chi connectivity index (χ3n) is 11.5.